The molecule has 1 atom stereocenters. The Morgan fingerprint density at radius 1 is 1.48 bits per heavy atom. The molecular formula is C13H17ClN6O3. The van der Waals surface area contributed by atoms with E-state index in [1.165, 1.54) is 17.8 Å². The number of aryl methyl sites for hydroxylation is 2. The fourth-order valence-electron chi connectivity index (χ4n) is 2.01. The standard InChI is InChI=1S/C13H17ClN6O3/c1-4-18-6-10(14)11(17-18)5-15-13(21)9(3)19-7-12(20(22)23)8(2)16-19/h6-7,9H,4-5H2,1-3H3,(H,15,21). The molecule has 2 aromatic heterocycles. The van der Waals surface area contributed by atoms with Gasteiger partial charge in [0.05, 0.1) is 16.5 Å². The zero-order valence-corrected chi connectivity index (χ0v) is 13.7. The molecular weight excluding hydrogens is 324 g/mol. The van der Waals surface area contributed by atoms with Crippen LogP contribution in [0.2, 0.25) is 5.02 Å². The molecule has 0 saturated heterocycles. The summed E-state index contributed by atoms with van der Waals surface area (Å²) in [5.41, 5.74) is 0.713. The molecule has 1 unspecified atom stereocenters. The number of hydrogen-bond donors (Lipinski definition) is 1. The predicted molar refractivity (Wildman–Crippen MR) is 83.1 cm³/mol. The summed E-state index contributed by atoms with van der Waals surface area (Å²) in [6.07, 6.45) is 2.94. The molecule has 23 heavy (non-hydrogen) atoms. The summed E-state index contributed by atoms with van der Waals surface area (Å²) in [7, 11) is 0. The minimum Gasteiger partial charge on any atom is -0.348 e. The number of nitrogens with one attached hydrogen (secondary N) is 1. The van der Waals surface area contributed by atoms with Crippen molar-refractivity contribution < 1.29 is 9.72 Å². The highest BCUT2D eigenvalue weighted by atomic mass is 35.5. The quantitative estimate of drug-likeness (QED) is 0.637. The van der Waals surface area contributed by atoms with Gasteiger partial charge in [-0.1, -0.05) is 11.6 Å². The van der Waals surface area contributed by atoms with Crippen molar-refractivity contribution >= 4 is 23.2 Å². The van der Waals surface area contributed by atoms with E-state index in [-0.39, 0.29) is 23.8 Å². The molecule has 0 aromatic carbocycles. The molecule has 0 spiro atoms. The number of nitro groups is 1. The summed E-state index contributed by atoms with van der Waals surface area (Å²) >= 11 is 6.04. The maximum absolute atomic E-state index is 12.2. The van der Waals surface area contributed by atoms with Crippen molar-refractivity contribution in [2.75, 3.05) is 0 Å². The highest BCUT2D eigenvalue weighted by Gasteiger charge is 2.22. The average Bonchev–Trinajstić information content (AvgIpc) is 3.07. The van der Waals surface area contributed by atoms with Crippen LogP contribution in [0.5, 0.6) is 0 Å². The maximum Gasteiger partial charge on any atom is 0.309 e. The zero-order valence-electron chi connectivity index (χ0n) is 13.0. The van der Waals surface area contributed by atoms with E-state index in [1.54, 1.807) is 17.8 Å². The van der Waals surface area contributed by atoms with Crippen LogP contribution in [0.1, 0.15) is 31.3 Å². The van der Waals surface area contributed by atoms with E-state index in [9.17, 15) is 14.9 Å². The Morgan fingerprint density at radius 3 is 2.70 bits per heavy atom. The fraction of sp³-hybridized carbons (Fsp3) is 0.462. The van der Waals surface area contributed by atoms with Gasteiger partial charge in [0.1, 0.15) is 23.6 Å². The van der Waals surface area contributed by atoms with Gasteiger partial charge in [0.25, 0.3) is 0 Å². The third-order valence-electron chi connectivity index (χ3n) is 3.40. The molecule has 9 nitrogen and oxygen atoms in total. The number of hydrogen-bond acceptors (Lipinski definition) is 5. The molecule has 10 heteroatoms. The summed E-state index contributed by atoms with van der Waals surface area (Å²) in [5.74, 6) is -0.329. The second kappa shape index (κ2) is 6.78. The number of carbonyl (C=O) groups is 1. The van der Waals surface area contributed by atoms with Gasteiger partial charge in [-0.2, -0.15) is 10.2 Å². The maximum atomic E-state index is 12.2. The van der Waals surface area contributed by atoms with Crippen LogP contribution in [-0.4, -0.2) is 30.4 Å². The van der Waals surface area contributed by atoms with Crippen molar-refractivity contribution in [3.63, 3.8) is 0 Å². The van der Waals surface area contributed by atoms with E-state index < -0.39 is 11.0 Å². The molecule has 0 fully saturated rings. The molecule has 1 N–H and O–H groups in total. The van der Waals surface area contributed by atoms with Gasteiger partial charge in [-0.3, -0.25) is 24.3 Å². The molecule has 0 saturated carbocycles. The van der Waals surface area contributed by atoms with Crippen LogP contribution in [0.15, 0.2) is 12.4 Å². The van der Waals surface area contributed by atoms with Crippen molar-refractivity contribution in [2.45, 2.75) is 39.9 Å². The first-order valence-corrected chi connectivity index (χ1v) is 7.41. The van der Waals surface area contributed by atoms with E-state index in [4.69, 9.17) is 11.6 Å². The first kappa shape index (κ1) is 16.9. The van der Waals surface area contributed by atoms with Crippen molar-refractivity contribution in [1.82, 2.24) is 24.9 Å². The van der Waals surface area contributed by atoms with Crippen molar-refractivity contribution in [3.8, 4) is 0 Å². The van der Waals surface area contributed by atoms with Gasteiger partial charge in [0, 0.05) is 12.7 Å². The molecule has 0 radical (unpaired) electrons. The summed E-state index contributed by atoms with van der Waals surface area (Å²) in [6.45, 7) is 5.92. The molecule has 2 aromatic rings. The predicted octanol–water partition coefficient (Wildman–Crippen LogP) is 1.85. The lowest BCUT2D eigenvalue weighted by molar-refractivity contribution is -0.385. The van der Waals surface area contributed by atoms with Gasteiger partial charge in [-0.05, 0) is 20.8 Å². The Kier molecular flexibility index (Phi) is 4.99. The van der Waals surface area contributed by atoms with Gasteiger partial charge in [-0.25, -0.2) is 0 Å². The summed E-state index contributed by atoms with van der Waals surface area (Å²) in [5, 5.41) is 22.3. The van der Waals surface area contributed by atoms with E-state index in [0.29, 0.717) is 17.3 Å². The first-order valence-electron chi connectivity index (χ1n) is 7.03. The highest BCUT2D eigenvalue weighted by molar-refractivity contribution is 6.31. The number of amides is 1. The average molecular weight is 341 g/mol. The zero-order chi connectivity index (χ0) is 17.1. The third-order valence-corrected chi connectivity index (χ3v) is 3.72. The molecule has 0 aliphatic carbocycles. The number of carbonyl (C=O) groups excluding carboxylic acids is 1. The molecule has 2 rings (SSSR count). The molecule has 2 heterocycles. The Labute approximate surface area is 137 Å². The van der Waals surface area contributed by atoms with E-state index in [0.717, 1.165) is 0 Å². The van der Waals surface area contributed by atoms with Crippen LogP contribution in [-0.2, 0) is 17.9 Å². The Bertz CT molecular complexity index is 738. The van der Waals surface area contributed by atoms with Crippen molar-refractivity contribution in [1.29, 1.82) is 0 Å². The Balaban J connectivity index is 2.03. The monoisotopic (exact) mass is 340 g/mol. The van der Waals surface area contributed by atoms with Crippen LogP contribution >= 0.6 is 11.6 Å². The van der Waals surface area contributed by atoms with Gasteiger partial charge in [0.15, 0.2) is 0 Å². The topological polar surface area (TPSA) is 108 Å². The molecule has 0 aliphatic rings. The van der Waals surface area contributed by atoms with Crippen LogP contribution in [0.4, 0.5) is 5.69 Å². The van der Waals surface area contributed by atoms with E-state index in [1.807, 2.05) is 6.92 Å². The van der Waals surface area contributed by atoms with Gasteiger partial charge < -0.3 is 5.32 Å². The third kappa shape index (κ3) is 3.67. The summed E-state index contributed by atoms with van der Waals surface area (Å²) in [4.78, 5) is 22.5. The van der Waals surface area contributed by atoms with Crippen LogP contribution in [0.3, 0.4) is 0 Å². The Hall–Kier alpha value is -2.42. The number of halogens is 1. The van der Waals surface area contributed by atoms with Gasteiger partial charge in [0.2, 0.25) is 5.91 Å². The minimum absolute atomic E-state index is 0.116. The molecule has 1 amide bonds. The second-order valence-electron chi connectivity index (χ2n) is 5.01. The smallest absolute Gasteiger partial charge is 0.309 e. The number of aromatic nitrogens is 4. The largest absolute Gasteiger partial charge is 0.348 e. The molecule has 124 valence electrons. The van der Waals surface area contributed by atoms with Crippen LogP contribution < -0.4 is 5.32 Å². The van der Waals surface area contributed by atoms with E-state index in [2.05, 4.69) is 15.5 Å². The fourth-order valence-corrected chi connectivity index (χ4v) is 2.22. The van der Waals surface area contributed by atoms with Crippen LogP contribution in [0.25, 0.3) is 0 Å². The number of nitrogens with zero attached hydrogens (tertiary/aromatic N) is 5. The summed E-state index contributed by atoms with van der Waals surface area (Å²) in [6, 6.07) is -0.686. The van der Waals surface area contributed by atoms with E-state index >= 15 is 0 Å². The highest BCUT2D eigenvalue weighted by Crippen LogP contribution is 2.18. The molecule has 0 aliphatic heterocycles. The lowest BCUT2D eigenvalue weighted by atomic mass is 10.3. The molecule has 0 bridgehead atoms. The van der Waals surface area contributed by atoms with Crippen LogP contribution in [0, 0.1) is 17.0 Å². The lowest BCUT2D eigenvalue weighted by Gasteiger charge is -2.11. The van der Waals surface area contributed by atoms with Crippen molar-refractivity contribution in [2.24, 2.45) is 0 Å². The Morgan fingerprint density at radius 2 is 2.17 bits per heavy atom. The first-order chi connectivity index (χ1) is 10.8. The van der Waals surface area contributed by atoms with Gasteiger partial charge in [-0.15, -0.1) is 0 Å². The lowest BCUT2D eigenvalue weighted by Crippen LogP contribution is -2.31. The van der Waals surface area contributed by atoms with Crippen molar-refractivity contribution in [3.05, 3.63) is 38.9 Å². The second-order valence-corrected chi connectivity index (χ2v) is 5.42. The minimum atomic E-state index is -0.686. The number of rotatable bonds is 6. The normalized spacial score (nSPS) is 12.2. The SMILES string of the molecule is CCn1cc(Cl)c(CNC(=O)C(C)n2cc([N+](=O)[O-])c(C)n2)n1. The van der Waals surface area contributed by atoms with Gasteiger partial charge >= 0.3 is 5.69 Å². The summed E-state index contributed by atoms with van der Waals surface area (Å²) < 4.78 is 2.95.